The van der Waals surface area contributed by atoms with Crippen LogP contribution in [0.1, 0.15) is 12.7 Å². The number of aromatic nitrogens is 4. The van der Waals surface area contributed by atoms with Gasteiger partial charge in [0, 0.05) is 24.8 Å². The lowest BCUT2D eigenvalue weighted by atomic mass is 10.2. The Balaban J connectivity index is 2.04. The standard InChI is InChI=1S/C12H15N5O/c1-8-7-17-11(6-14-8)15-16-12(17)10-5-9(18-2)3-4-13-10/h3-5,8,14H,6-7H2,1-2H3/t8-/m0/s1. The summed E-state index contributed by atoms with van der Waals surface area (Å²) in [5, 5.41) is 11.8. The minimum atomic E-state index is 0.415. The number of nitrogens with zero attached hydrogens (tertiary/aromatic N) is 4. The molecule has 0 unspecified atom stereocenters. The van der Waals surface area contributed by atoms with E-state index in [9.17, 15) is 0 Å². The fraction of sp³-hybridized carbons (Fsp3) is 0.417. The molecule has 0 saturated carbocycles. The minimum absolute atomic E-state index is 0.415. The van der Waals surface area contributed by atoms with Gasteiger partial charge in [0.1, 0.15) is 17.3 Å². The molecule has 0 spiro atoms. The number of fused-ring (bicyclic) bond motifs is 1. The molecule has 0 fully saturated rings. The molecule has 0 radical (unpaired) electrons. The maximum absolute atomic E-state index is 5.21. The monoisotopic (exact) mass is 245 g/mol. The smallest absolute Gasteiger partial charge is 0.182 e. The van der Waals surface area contributed by atoms with Gasteiger partial charge in [0.25, 0.3) is 0 Å². The third kappa shape index (κ3) is 1.84. The quantitative estimate of drug-likeness (QED) is 0.849. The Bertz CT molecular complexity index is 565. The molecule has 1 atom stereocenters. The second kappa shape index (κ2) is 4.38. The van der Waals surface area contributed by atoms with Crippen molar-refractivity contribution in [1.29, 1.82) is 0 Å². The Morgan fingerprint density at radius 3 is 3.17 bits per heavy atom. The van der Waals surface area contributed by atoms with Gasteiger partial charge in [0.2, 0.25) is 0 Å². The summed E-state index contributed by atoms with van der Waals surface area (Å²) in [6.45, 7) is 3.75. The third-order valence-corrected chi connectivity index (χ3v) is 3.09. The molecule has 3 rings (SSSR count). The lowest BCUT2D eigenvalue weighted by Crippen LogP contribution is -2.36. The minimum Gasteiger partial charge on any atom is -0.497 e. The summed E-state index contributed by atoms with van der Waals surface area (Å²) in [7, 11) is 1.64. The summed E-state index contributed by atoms with van der Waals surface area (Å²) in [5.74, 6) is 2.53. The molecular formula is C12H15N5O. The molecule has 0 amide bonds. The molecule has 1 aliphatic heterocycles. The van der Waals surface area contributed by atoms with E-state index in [1.807, 2.05) is 12.1 Å². The molecule has 0 bridgehead atoms. The molecule has 6 nitrogen and oxygen atoms in total. The summed E-state index contributed by atoms with van der Waals surface area (Å²) in [4.78, 5) is 4.34. The number of pyridine rings is 1. The van der Waals surface area contributed by atoms with Crippen LogP contribution in [0.3, 0.4) is 0 Å². The van der Waals surface area contributed by atoms with Crippen molar-refractivity contribution in [3.63, 3.8) is 0 Å². The van der Waals surface area contributed by atoms with Crippen molar-refractivity contribution < 1.29 is 4.74 Å². The summed E-state index contributed by atoms with van der Waals surface area (Å²) in [6.07, 6.45) is 1.72. The van der Waals surface area contributed by atoms with Crippen molar-refractivity contribution in [3.05, 3.63) is 24.2 Å². The number of ether oxygens (including phenoxy) is 1. The van der Waals surface area contributed by atoms with Gasteiger partial charge in [-0.25, -0.2) is 0 Å². The first-order chi connectivity index (χ1) is 8.78. The van der Waals surface area contributed by atoms with Crippen LogP contribution in [0.25, 0.3) is 11.5 Å². The fourth-order valence-electron chi connectivity index (χ4n) is 2.11. The Morgan fingerprint density at radius 1 is 1.44 bits per heavy atom. The number of rotatable bonds is 2. The second-order valence-corrected chi connectivity index (χ2v) is 4.41. The molecule has 0 aliphatic carbocycles. The SMILES string of the molecule is COc1ccnc(-c2nnc3n2C[C@H](C)NC3)c1. The average molecular weight is 245 g/mol. The van der Waals surface area contributed by atoms with Crippen molar-refractivity contribution in [1.82, 2.24) is 25.1 Å². The fourth-order valence-corrected chi connectivity index (χ4v) is 2.11. The van der Waals surface area contributed by atoms with Crippen molar-refractivity contribution in [2.75, 3.05) is 7.11 Å². The molecule has 3 heterocycles. The van der Waals surface area contributed by atoms with E-state index in [1.54, 1.807) is 13.3 Å². The van der Waals surface area contributed by atoms with E-state index in [1.165, 1.54) is 0 Å². The number of hydrogen-bond acceptors (Lipinski definition) is 5. The summed E-state index contributed by atoms with van der Waals surface area (Å²) < 4.78 is 7.32. The molecule has 2 aromatic rings. The van der Waals surface area contributed by atoms with E-state index in [-0.39, 0.29) is 0 Å². The highest BCUT2D eigenvalue weighted by atomic mass is 16.5. The van der Waals surface area contributed by atoms with Crippen LogP contribution in [0.4, 0.5) is 0 Å². The van der Waals surface area contributed by atoms with Gasteiger partial charge in [0.15, 0.2) is 5.82 Å². The Kier molecular flexibility index (Phi) is 2.71. The molecule has 1 aliphatic rings. The van der Waals surface area contributed by atoms with E-state index in [4.69, 9.17) is 4.74 Å². The van der Waals surface area contributed by atoms with E-state index < -0.39 is 0 Å². The summed E-state index contributed by atoms with van der Waals surface area (Å²) in [5.41, 5.74) is 0.794. The van der Waals surface area contributed by atoms with Gasteiger partial charge in [-0.1, -0.05) is 0 Å². The molecule has 0 aromatic carbocycles. The van der Waals surface area contributed by atoms with Gasteiger partial charge in [-0.3, -0.25) is 4.98 Å². The molecule has 2 aromatic heterocycles. The van der Waals surface area contributed by atoms with Crippen molar-refractivity contribution in [2.24, 2.45) is 0 Å². The number of hydrogen-bond donors (Lipinski definition) is 1. The zero-order chi connectivity index (χ0) is 12.5. The van der Waals surface area contributed by atoms with Gasteiger partial charge in [-0.2, -0.15) is 0 Å². The Morgan fingerprint density at radius 2 is 2.33 bits per heavy atom. The van der Waals surface area contributed by atoms with Gasteiger partial charge in [0.05, 0.1) is 13.7 Å². The highest BCUT2D eigenvalue weighted by Crippen LogP contribution is 2.22. The predicted molar refractivity (Wildman–Crippen MR) is 66.1 cm³/mol. The van der Waals surface area contributed by atoms with Crippen LogP contribution in [0, 0.1) is 0 Å². The molecular weight excluding hydrogens is 230 g/mol. The van der Waals surface area contributed by atoms with Gasteiger partial charge in [-0.05, 0) is 13.0 Å². The largest absolute Gasteiger partial charge is 0.497 e. The van der Waals surface area contributed by atoms with Crippen molar-refractivity contribution in [2.45, 2.75) is 26.1 Å². The van der Waals surface area contributed by atoms with Crippen LogP contribution in [-0.4, -0.2) is 32.9 Å². The summed E-state index contributed by atoms with van der Waals surface area (Å²) >= 11 is 0. The van der Waals surface area contributed by atoms with Crippen LogP contribution in [0.15, 0.2) is 18.3 Å². The van der Waals surface area contributed by atoms with Crippen LogP contribution in [0.5, 0.6) is 5.75 Å². The predicted octanol–water partition coefficient (Wildman–Crippen LogP) is 0.840. The van der Waals surface area contributed by atoms with E-state index >= 15 is 0 Å². The second-order valence-electron chi connectivity index (χ2n) is 4.41. The molecule has 1 N–H and O–H groups in total. The van der Waals surface area contributed by atoms with Gasteiger partial charge >= 0.3 is 0 Å². The normalized spacial score (nSPS) is 18.4. The Labute approximate surface area is 105 Å². The topological polar surface area (TPSA) is 64.9 Å². The third-order valence-electron chi connectivity index (χ3n) is 3.09. The maximum atomic E-state index is 5.21. The molecule has 6 heteroatoms. The highest BCUT2D eigenvalue weighted by Gasteiger charge is 2.21. The van der Waals surface area contributed by atoms with Gasteiger partial charge < -0.3 is 14.6 Å². The highest BCUT2D eigenvalue weighted by molar-refractivity contribution is 5.52. The summed E-state index contributed by atoms with van der Waals surface area (Å²) in [6, 6.07) is 4.11. The zero-order valence-electron chi connectivity index (χ0n) is 10.4. The van der Waals surface area contributed by atoms with Crippen molar-refractivity contribution >= 4 is 0 Å². The van der Waals surface area contributed by atoms with E-state index in [2.05, 4.69) is 32.0 Å². The van der Waals surface area contributed by atoms with Crippen molar-refractivity contribution in [3.8, 4) is 17.3 Å². The van der Waals surface area contributed by atoms with Crippen LogP contribution in [-0.2, 0) is 13.1 Å². The van der Waals surface area contributed by atoms with Crippen LogP contribution >= 0.6 is 0 Å². The lowest BCUT2D eigenvalue weighted by molar-refractivity contribution is 0.410. The average Bonchev–Trinajstić information content (AvgIpc) is 2.81. The first kappa shape index (κ1) is 11.2. The Hall–Kier alpha value is -1.95. The van der Waals surface area contributed by atoms with E-state index in [0.29, 0.717) is 6.04 Å². The number of nitrogens with one attached hydrogen (secondary N) is 1. The molecule has 94 valence electrons. The number of methoxy groups -OCH3 is 1. The van der Waals surface area contributed by atoms with Crippen LogP contribution < -0.4 is 10.1 Å². The van der Waals surface area contributed by atoms with Crippen LogP contribution in [0.2, 0.25) is 0 Å². The molecule has 18 heavy (non-hydrogen) atoms. The first-order valence-corrected chi connectivity index (χ1v) is 5.94. The maximum Gasteiger partial charge on any atom is 0.182 e. The van der Waals surface area contributed by atoms with E-state index in [0.717, 1.165) is 36.2 Å². The lowest BCUT2D eigenvalue weighted by Gasteiger charge is -2.22. The van der Waals surface area contributed by atoms with Gasteiger partial charge in [-0.15, -0.1) is 10.2 Å². The first-order valence-electron chi connectivity index (χ1n) is 5.94. The molecule has 0 saturated heterocycles. The zero-order valence-corrected chi connectivity index (χ0v) is 10.4.